The molecule has 2 aliphatic rings. The van der Waals surface area contributed by atoms with Gasteiger partial charge in [0.1, 0.15) is 6.61 Å². The van der Waals surface area contributed by atoms with Gasteiger partial charge in [-0.2, -0.15) is 0 Å². The average Bonchev–Trinajstić information content (AvgIpc) is 3.20. The molecule has 144 valence electrons. The van der Waals surface area contributed by atoms with Gasteiger partial charge >= 0.3 is 0 Å². The van der Waals surface area contributed by atoms with Gasteiger partial charge in [0.05, 0.1) is 5.92 Å². The van der Waals surface area contributed by atoms with E-state index in [0.717, 1.165) is 58.7 Å². The number of ether oxygens (including phenoxy) is 1. The molecule has 0 spiro atoms. The highest BCUT2D eigenvalue weighted by Crippen LogP contribution is 2.20. The molecule has 1 atom stereocenters. The number of hydrogen-bond donors (Lipinski definition) is 0. The fraction of sp³-hybridized carbons (Fsp3) is 0.684. The first-order chi connectivity index (χ1) is 12.7. The largest absolute Gasteiger partial charge is 0.375 e. The molecule has 26 heavy (non-hydrogen) atoms. The van der Waals surface area contributed by atoms with Gasteiger partial charge in [0.15, 0.2) is 0 Å². The predicted octanol–water partition coefficient (Wildman–Crippen LogP) is 0.517. The Labute approximate surface area is 155 Å². The highest BCUT2D eigenvalue weighted by Gasteiger charge is 2.32. The second-order valence-electron chi connectivity index (χ2n) is 7.20. The van der Waals surface area contributed by atoms with E-state index in [1.165, 1.54) is 7.11 Å². The van der Waals surface area contributed by atoms with Crippen molar-refractivity contribution in [3.63, 3.8) is 0 Å². The zero-order valence-electron chi connectivity index (χ0n) is 15.7. The van der Waals surface area contributed by atoms with Crippen LogP contribution in [-0.2, 0) is 20.9 Å². The number of nitrogens with zero attached hydrogens (tertiary/aromatic N) is 4. The summed E-state index contributed by atoms with van der Waals surface area (Å²) in [5.74, 6) is 0.140. The zero-order valence-corrected chi connectivity index (χ0v) is 15.7. The van der Waals surface area contributed by atoms with Crippen LogP contribution in [0.3, 0.4) is 0 Å². The summed E-state index contributed by atoms with van der Waals surface area (Å²) in [5.41, 5.74) is 0. The van der Waals surface area contributed by atoms with Crippen molar-refractivity contribution in [3.05, 3.63) is 24.5 Å². The van der Waals surface area contributed by atoms with Crippen molar-refractivity contribution in [1.82, 2.24) is 19.3 Å². The molecule has 1 aromatic rings. The molecule has 0 bridgehead atoms. The maximum Gasteiger partial charge on any atom is 0.248 e. The number of hydrogen-bond acceptors (Lipinski definition) is 4. The Morgan fingerprint density at radius 3 is 2.42 bits per heavy atom. The number of piperidine rings is 1. The van der Waals surface area contributed by atoms with E-state index in [9.17, 15) is 9.59 Å². The lowest BCUT2D eigenvalue weighted by Crippen LogP contribution is -2.53. The molecule has 0 N–H and O–H groups in total. The first kappa shape index (κ1) is 18.9. The molecule has 2 aliphatic heterocycles. The number of likely N-dealkylation sites (tertiary alicyclic amines) is 1. The highest BCUT2D eigenvalue weighted by molar-refractivity contribution is 5.82. The van der Waals surface area contributed by atoms with Crippen LogP contribution >= 0.6 is 0 Å². The topological polar surface area (TPSA) is 58.0 Å². The van der Waals surface area contributed by atoms with Gasteiger partial charge < -0.3 is 19.1 Å². The van der Waals surface area contributed by atoms with E-state index in [2.05, 4.69) is 21.9 Å². The first-order valence-corrected chi connectivity index (χ1v) is 9.56. The molecule has 7 nitrogen and oxygen atoms in total. The third-order valence-corrected chi connectivity index (χ3v) is 5.42. The molecule has 2 amide bonds. The van der Waals surface area contributed by atoms with Crippen LogP contribution in [0.2, 0.25) is 0 Å². The molecule has 1 aromatic heterocycles. The lowest BCUT2D eigenvalue weighted by Gasteiger charge is -2.39. The number of rotatable bonds is 6. The summed E-state index contributed by atoms with van der Waals surface area (Å²) in [6, 6.07) is 4.09. The van der Waals surface area contributed by atoms with Crippen LogP contribution in [0, 0.1) is 5.92 Å². The monoisotopic (exact) mass is 362 g/mol. The van der Waals surface area contributed by atoms with Crippen molar-refractivity contribution in [2.75, 3.05) is 59.5 Å². The molecular formula is C19H30N4O3. The Hall–Kier alpha value is -1.86. The van der Waals surface area contributed by atoms with E-state index in [1.54, 1.807) is 4.90 Å². The number of methoxy groups -OCH3 is 1. The number of piperazine rings is 1. The predicted molar refractivity (Wildman–Crippen MR) is 98.6 cm³/mol. The summed E-state index contributed by atoms with van der Waals surface area (Å²) < 4.78 is 7.12. The maximum atomic E-state index is 12.9. The minimum atomic E-state index is -0.0593. The summed E-state index contributed by atoms with van der Waals surface area (Å²) in [6.45, 7) is 6.78. The molecule has 0 aliphatic carbocycles. The fourth-order valence-corrected chi connectivity index (χ4v) is 3.85. The normalized spacial score (nSPS) is 21.8. The van der Waals surface area contributed by atoms with Crippen molar-refractivity contribution in [1.29, 1.82) is 0 Å². The number of carbonyl (C=O) groups excluding carboxylic acids is 2. The molecule has 3 rings (SSSR count). The minimum Gasteiger partial charge on any atom is -0.375 e. The van der Waals surface area contributed by atoms with Crippen molar-refractivity contribution >= 4 is 11.8 Å². The third kappa shape index (κ3) is 4.86. The SMILES string of the molecule is COCC(=O)N1CCCC(C(=O)N2CCN(CCn3cccc3)CC2)C1. The molecule has 0 aromatic carbocycles. The summed E-state index contributed by atoms with van der Waals surface area (Å²) in [7, 11) is 1.53. The van der Waals surface area contributed by atoms with E-state index in [0.29, 0.717) is 6.54 Å². The summed E-state index contributed by atoms with van der Waals surface area (Å²) in [4.78, 5) is 31.1. The Balaban J connectivity index is 1.43. The molecule has 2 fully saturated rings. The van der Waals surface area contributed by atoms with E-state index < -0.39 is 0 Å². The van der Waals surface area contributed by atoms with Crippen molar-refractivity contribution in [2.45, 2.75) is 19.4 Å². The van der Waals surface area contributed by atoms with Gasteiger partial charge in [0.25, 0.3) is 0 Å². The Kier molecular flexibility index (Phi) is 6.68. The number of aromatic nitrogens is 1. The van der Waals surface area contributed by atoms with Gasteiger partial charge in [-0.1, -0.05) is 0 Å². The lowest BCUT2D eigenvalue weighted by molar-refractivity contribution is -0.143. The Morgan fingerprint density at radius 2 is 1.73 bits per heavy atom. The Morgan fingerprint density at radius 1 is 1.00 bits per heavy atom. The van der Waals surface area contributed by atoms with Crippen LogP contribution in [0.5, 0.6) is 0 Å². The van der Waals surface area contributed by atoms with Gasteiger partial charge in [0, 0.05) is 71.9 Å². The smallest absolute Gasteiger partial charge is 0.248 e. The zero-order chi connectivity index (χ0) is 18.4. The van der Waals surface area contributed by atoms with Crippen LogP contribution in [0.25, 0.3) is 0 Å². The van der Waals surface area contributed by atoms with Gasteiger partial charge in [-0.15, -0.1) is 0 Å². The van der Waals surface area contributed by atoms with E-state index in [1.807, 2.05) is 17.0 Å². The molecule has 0 saturated carbocycles. The minimum absolute atomic E-state index is 0.0140. The third-order valence-electron chi connectivity index (χ3n) is 5.42. The van der Waals surface area contributed by atoms with E-state index >= 15 is 0 Å². The fourth-order valence-electron chi connectivity index (χ4n) is 3.85. The van der Waals surface area contributed by atoms with Crippen LogP contribution in [-0.4, -0.2) is 90.6 Å². The van der Waals surface area contributed by atoms with Crippen LogP contribution < -0.4 is 0 Å². The molecule has 0 radical (unpaired) electrons. The van der Waals surface area contributed by atoms with Crippen LogP contribution in [0.1, 0.15) is 12.8 Å². The molecule has 2 saturated heterocycles. The van der Waals surface area contributed by atoms with Gasteiger partial charge in [-0.25, -0.2) is 0 Å². The first-order valence-electron chi connectivity index (χ1n) is 9.56. The quantitative estimate of drug-likeness (QED) is 0.740. The second-order valence-corrected chi connectivity index (χ2v) is 7.20. The summed E-state index contributed by atoms with van der Waals surface area (Å²) in [5, 5.41) is 0. The highest BCUT2D eigenvalue weighted by atomic mass is 16.5. The summed E-state index contributed by atoms with van der Waals surface area (Å²) in [6.07, 6.45) is 5.94. The molecule has 3 heterocycles. The van der Waals surface area contributed by atoms with Crippen LogP contribution in [0.15, 0.2) is 24.5 Å². The van der Waals surface area contributed by atoms with Crippen LogP contribution in [0.4, 0.5) is 0 Å². The molecule has 1 unspecified atom stereocenters. The standard InChI is InChI=1S/C19H30N4O3/c1-26-16-18(24)23-8-4-5-17(15-23)19(25)22-13-11-21(12-14-22)10-9-20-6-2-3-7-20/h2-3,6-7,17H,4-5,8-16H2,1H3. The van der Waals surface area contributed by atoms with Crippen molar-refractivity contribution in [3.8, 4) is 0 Å². The average molecular weight is 362 g/mol. The van der Waals surface area contributed by atoms with Gasteiger partial charge in [-0.3, -0.25) is 14.5 Å². The maximum absolute atomic E-state index is 12.9. The Bertz CT molecular complexity index is 582. The molecular weight excluding hydrogens is 332 g/mol. The van der Waals surface area contributed by atoms with Gasteiger partial charge in [0.2, 0.25) is 11.8 Å². The summed E-state index contributed by atoms with van der Waals surface area (Å²) >= 11 is 0. The molecule has 7 heteroatoms. The lowest BCUT2D eigenvalue weighted by atomic mass is 9.96. The van der Waals surface area contributed by atoms with Crippen molar-refractivity contribution in [2.24, 2.45) is 5.92 Å². The van der Waals surface area contributed by atoms with E-state index in [-0.39, 0.29) is 24.3 Å². The number of carbonyl (C=O) groups is 2. The van der Waals surface area contributed by atoms with Gasteiger partial charge in [-0.05, 0) is 25.0 Å². The second kappa shape index (κ2) is 9.19. The van der Waals surface area contributed by atoms with E-state index in [4.69, 9.17) is 4.74 Å². The number of amides is 2. The van der Waals surface area contributed by atoms with Crippen molar-refractivity contribution < 1.29 is 14.3 Å².